The number of aromatic nitrogens is 3. The second-order valence-electron chi connectivity index (χ2n) is 5.13. The molecular formula is C14H19N3O. The van der Waals surface area contributed by atoms with Crippen LogP contribution in [0.25, 0.3) is 0 Å². The van der Waals surface area contributed by atoms with E-state index in [9.17, 15) is 5.11 Å². The van der Waals surface area contributed by atoms with Gasteiger partial charge in [0.1, 0.15) is 0 Å². The molecule has 0 fully saturated rings. The number of aliphatic hydroxyl groups is 1. The molecule has 4 nitrogen and oxygen atoms in total. The maximum absolute atomic E-state index is 9.97. The van der Waals surface area contributed by atoms with Crippen LogP contribution in [0.4, 0.5) is 0 Å². The van der Waals surface area contributed by atoms with Crippen LogP contribution in [0.2, 0.25) is 0 Å². The number of aliphatic hydroxyl groups excluding tert-OH is 1. The maximum Gasteiger partial charge on any atom is 0.0807 e. The van der Waals surface area contributed by atoms with Gasteiger partial charge in [0.2, 0.25) is 0 Å². The summed E-state index contributed by atoms with van der Waals surface area (Å²) in [5.74, 6) is 0. The van der Waals surface area contributed by atoms with Crippen molar-refractivity contribution in [3.05, 3.63) is 41.0 Å². The molecule has 0 saturated heterocycles. The average Bonchev–Trinajstić information content (AvgIpc) is 2.90. The number of hydrogen-bond acceptors (Lipinski definition) is 2. The van der Waals surface area contributed by atoms with E-state index < -0.39 is 0 Å². The van der Waals surface area contributed by atoms with Gasteiger partial charge in [-0.25, -0.2) is 0 Å². The average molecular weight is 245 g/mol. The summed E-state index contributed by atoms with van der Waals surface area (Å²) < 4.78 is 4.15. The van der Waals surface area contributed by atoms with Crippen molar-refractivity contribution in [1.29, 1.82) is 0 Å². The van der Waals surface area contributed by atoms with E-state index >= 15 is 0 Å². The lowest BCUT2D eigenvalue weighted by Crippen LogP contribution is -2.12. The minimum atomic E-state index is -0.273. The van der Waals surface area contributed by atoms with E-state index in [1.54, 1.807) is 0 Å². The first-order chi connectivity index (χ1) is 8.66. The molecule has 0 radical (unpaired) electrons. The lowest BCUT2D eigenvalue weighted by atomic mass is 9.95. The van der Waals surface area contributed by atoms with Crippen LogP contribution >= 0.6 is 0 Å². The van der Waals surface area contributed by atoms with Crippen molar-refractivity contribution in [2.24, 2.45) is 7.05 Å². The number of aryl methyl sites for hydroxylation is 1. The topological polar surface area (TPSA) is 43.0 Å². The highest BCUT2D eigenvalue weighted by Gasteiger charge is 2.21. The molecule has 2 aromatic heterocycles. The highest BCUT2D eigenvalue weighted by Crippen LogP contribution is 2.30. The normalized spacial score (nSPS) is 18.9. The minimum absolute atomic E-state index is 0.273. The Morgan fingerprint density at radius 2 is 2.33 bits per heavy atom. The Labute approximate surface area is 107 Å². The molecule has 3 rings (SSSR count). The van der Waals surface area contributed by atoms with Crippen molar-refractivity contribution in [3.63, 3.8) is 0 Å². The SMILES string of the molecule is Cc1c(Cn2ccc3c2CCCC3O)cnn1C. The number of nitrogens with zero attached hydrogens (tertiary/aromatic N) is 3. The van der Waals surface area contributed by atoms with Crippen molar-refractivity contribution in [1.82, 2.24) is 14.3 Å². The van der Waals surface area contributed by atoms with E-state index in [2.05, 4.69) is 28.9 Å². The molecule has 0 spiro atoms. The first-order valence-electron chi connectivity index (χ1n) is 6.50. The van der Waals surface area contributed by atoms with Gasteiger partial charge >= 0.3 is 0 Å². The molecule has 0 aromatic carbocycles. The molecule has 1 aliphatic carbocycles. The van der Waals surface area contributed by atoms with E-state index in [-0.39, 0.29) is 6.10 Å². The third kappa shape index (κ3) is 1.77. The van der Waals surface area contributed by atoms with Gasteiger partial charge in [0, 0.05) is 35.8 Å². The van der Waals surface area contributed by atoms with Gasteiger partial charge in [-0.05, 0) is 32.3 Å². The van der Waals surface area contributed by atoms with Crippen LogP contribution < -0.4 is 0 Å². The van der Waals surface area contributed by atoms with Crippen LogP contribution in [0.15, 0.2) is 18.5 Å². The van der Waals surface area contributed by atoms with Crippen molar-refractivity contribution in [3.8, 4) is 0 Å². The van der Waals surface area contributed by atoms with Gasteiger partial charge in [-0.1, -0.05) is 0 Å². The molecule has 2 heterocycles. The Kier molecular flexibility index (Phi) is 2.74. The Morgan fingerprint density at radius 1 is 1.50 bits per heavy atom. The van der Waals surface area contributed by atoms with Crippen LogP contribution in [0.1, 0.15) is 41.5 Å². The summed E-state index contributed by atoms with van der Waals surface area (Å²) in [4.78, 5) is 0. The van der Waals surface area contributed by atoms with Gasteiger partial charge in [0.15, 0.2) is 0 Å². The highest BCUT2D eigenvalue weighted by molar-refractivity contribution is 5.29. The second-order valence-corrected chi connectivity index (χ2v) is 5.13. The van der Waals surface area contributed by atoms with E-state index in [0.717, 1.165) is 31.4 Å². The monoisotopic (exact) mass is 245 g/mol. The molecule has 0 bridgehead atoms. The zero-order valence-electron chi connectivity index (χ0n) is 10.9. The standard InChI is InChI=1S/C14H19N3O/c1-10-11(8-15-16(10)2)9-17-7-6-12-13(17)4-3-5-14(12)18/h6-8,14,18H,3-5,9H2,1-2H3. The Hall–Kier alpha value is -1.55. The molecule has 2 aromatic rings. The Bertz CT molecular complexity index is 568. The Balaban J connectivity index is 1.92. The molecule has 4 heteroatoms. The fraction of sp³-hybridized carbons (Fsp3) is 0.500. The predicted molar refractivity (Wildman–Crippen MR) is 69.4 cm³/mol. The molecule has 0 amide bonds. The first kappa shape index (κ1) is 11.5. The van der Waals surface area contributed by atoms with Gasteiger partial charge in [-0.3, -0.25) is 4.68 Å². The molecule has 18 heavy (non-hydrogen) atoms. The van der Waals surface area contributed by atoms with Crippen molar-refractivity contribution in [2.75, 3.05) is 0 Å². The molecule has 0 saturated carbocycles. The lowest BCUT2D eigenvalue weighted by Gasteiger charge is -2.20. The quantitative estimate of drug-likeness (QED) is 0.878. The van der Waals surface area contributed by atoms with Gasteiger partial charge in [0.25, 0.3) is 0 Å². The summed E-state index contributed by atoms with van der Waals surface area (Å²) in [5, 5.41) is 14.2. The number of fused-ring (bicyclic) bond motifs is 1. The smallest absolute Gasteiger partial charge is 0.0807 e. The molecule has 1 aliphatic rings. The lowest BCUT2D eigenvalue weighted by molar-refractivity contribution is 0.156. The minimum Gasteiger partial charge on any atom is -0.388 e. The maximum atomic E-state index is 9.97. The van der Waals surface area contributed by atoms with Crippen molar-refractivity contribution < 1.29 is 5.11 Å². The van der Waals surface area contributed by atoms with Crippen molar-refractivity contribution >= 4 is 0 Å². The molecule has 1 unspecified atom stereocenters. The fourth-order valence-electron chi connectivity index (χ4n) is 2.76. The fourth-order valence-corrected chi connectivity index (χ4v) is 2.76. The van der Waals surface area contributed by atoms with Crippen LogP contribution in [-0.2, 0) is 20.0 Å². The van der Waals surface area contributed by atoms with Gasteiger partial charge in [0.05, 0.1) is 18.8 Å². The highest BCUT2D eigenvalue weighted by atomic mass is 16.3. The predicted octanol–water partition coefficient (Wildman–Crippen LogP) is 1.95. The summed E-state index contributed by atoms with van der Waals surface area (Å²) in [7, 11) is 1.97. The number of rotatable bonds is 2. The zero-order valence-corrected chi connectivity index (χ0v) is 10.9. The first-order valence-corrected chi connectivity index (χ1v) is 6.50. The van der Waals surface area contributed by atoms with Gasteiger partial charge < -0.3 is 9.67 Å². The zero-order chi connectivity index (χ0) is 12.7. The van der Waals surface area contributed by atoms with Crippen LogP contribution in [0.5, 0.6) is 0 Å². The van der Waals surface area contributed by atoms with E-state index in [1.165, 1.54) is 17.0 Å². The largest absolute Gasteiger partial charge is 0.388 e. The molecule has 1 atom stereocenters. The third-order valence-corrected chi connectivity index (χ3v) is 4.04. The molecular weight excluding hydrogens is 226 g/mol. The van der Waals surface area contributed by atoms with Crippen LogP contribution in [-0.4, -0.2) is 19.5 Å². The summed E-state index contributed by atoms with van der Waals surface area (Å²) in [6, 6.07) is 2.06. The molecule has 1 N–H and O–H groups in total. The number of hydrogen-bond donors (Lipinski definition) is 1. The van der Waals surface area contributed by atoms with Crippen molar-refractivity contribution in [2.45, 2.75) is 38.8 Å². The molecule has 0 aliphatic heterocycles. The van der Waals surface area contributed by atoms with E-state index in [1.807, 2.05) is 17.9 Å². The second kappa shape index (κ2) is 4.28. The van der Waals surface area contributed by atoms with Crippen LogP contribution in [0, 0.1) is 6.92 Å². The summed E-state index contributed by atoms with van der Waals surface area (Å²) in [6.45, 7) is 2.94. The Morgan fingerprint density at radius 3 is 3.06 bits per heavy atom. The van der Waals surface area contributed by atoms with Gasteiger partial charge in [-0.2, -0.15) is 5.10 Å². The molecule has 96 valence electrons. The van der Waals surface area contributed by atoms with Gasteiger partial charge in [-0.15, -0.1) is 0 Å². The summed E-state index contributed by atoms with van der Waals surface area (Å²) in [5.41, 5.74) is 4.85. The third-order valence-electron chi connectivity index (χ3n) is 4.04. The summed E-state index contributed by atoms with van der Waals surface area (Å²) >= 11 is 0. The summed E-state index contributed by atoms with van der Waals surface area (Å²) in [6.07, 6.45) is 6.78. The van der Waals surface area contributed by atoms with E-state index in [4.69, 9.17) is 0 Å². The van der Waals surface area contributed by atoms with Crippen LogP contribution in [0.3, 0.4) is 0 Å². The van der Waals surface area contributed by atoms with E-state index in [0.29, 0.717) is 0 Å².